The summed E-state index contributed by atoms with van der Waals surface area (Å²) >= 11 is 0. The van der Waals surface area contributed by atoms with Gasteiger partial charge in [-0.15, -0.1) is 0 Å². The molecule has 0 fully saturated rings. The lowest BCUT2D eigenvalue weighted by Gasteiger charge is -2.30. The predicted molar refractivity (Wildman–Crippen MR) is 288 cm³/mol. The van der Waals surface area contributed by atoms with Crippen molar-refractivity contribution in [2.24, 2.45) is 0 Å². The zero-order chi connectivity index (χ0) is 47.8. The number of fused-ring (bicyclic) bond motifs is 12. The first-order valence-electron chi connectivity index (χ1n) is 23.9. The lowest BCUT2D eigenvalue weighted by atomic mass is 9.88. The van der Waals surface area contributed by atoms with Crippen LogP contribution in [0.5, 0.6) is 0 Å². The molecule has 71 heavy (non-hydrogen) atoms. The van der Waals surface area contributed by atoms with E-state index in [2.05, 4.69) is 179 Å². The number of nitriles is 1. The Balaban J connectivity index is 1.39. The summed E-state index contributed by atoms with van der Waals surface area (Å²) in [7, 11) is 0. The lowest BCUT2D eigenvalue weighted by Crippen LogP contribution is -2.16. The Labute approximate surface area is 406 Å². The van der Waals surface area contributed by atoms with Crippen molar-refractivity contribution < 1.29 is 8.78 Å². The molecule has 0 saturated heterocycles. The van der Waals surface area contributed by atoms with Crippen molar-refractivity contribution in [3.8, 4) is 39.9 Å². The Morgan fingerprint density at radius 2 is 0.662 bits per heavy atom. The van der Waals surface area contributed by atoms with Gasteiger partial charge < -0.3 is 18.3 Å². The number of halogens is 2. The van der Waals surface area contributed by atoms with Crippen LogP contribution in [-0.2, 0) is 0 Å². The highest BCUT2D eigenvalue weighted by atomic mass is 19.1. The molecule has 0 bridgehead atoms. The monoisotopic (exact) mass is 917 g/mol. The molecule has 4 aromatic heterocycles. The number of benzene rings is 10. The third-order valence-corrected chi connectivity index (χ3v) is 14.9. The Kier molecular flexibility index (Phi) is 8.69. The summed E-state index contributed by atoms with van der Waals surface area (Å²) < 4.78 is 40.7. The number of aromatic nitrogens is 4. The molecule has 0 spiro atoms. The van der Waals surface area contributed by atoms with Crippen LogP contribution in [0.15, 0.2) is 194 Å². The molecule has 5 nitrogen and oxygen atoms in total. The molecule has 0 N–H and O–H groups in total. The number of aryl methyl sites for hydroxylation is 2. The van der Waals surface area contributed by atoms with Crippen molar-refractivity contribution in [2.75, 3.05) is 0 Å². The summed E-state index contributed by atoms with van der Waals surface area (Å²) in [5, 5.41) is 20.1. The van der Waals surface area contributed by atoms with Crippen LogP contribution in [0.2, 0.25) is 0 Å². The van der Waals surface area contributed by atoms with E-state index in [1.165, 1.54) is 12.1 Å². The molecule has 10 aromatic carbocycles. The smallest absolute Gasteiger partial charge is 0.123 e. The van der Waals surface area contributed by atoms with Gasteiger partial charge in [0.05, 0.1) is 66.9 Å². The fourth-order valence-electron chi connectivity index (χ4n) is 11.9. The van der Waals surface area contributed by atoms with Gasteiger partial charge in [0.2, 0.25) is 0 Å². The van der Waals surface area contributed by atoms with Crippen LogP contribution in [-0.4, -0.2) is 18.3 Å². The normalized spacial score (nSPS) is 12.0. The van der Waals surface area contributed by atoms with Crippen molar-refractivity contribution in [3.05, 3.63) is 228 Å². The SMILES string of the molecule is Cc1cc(C)c(C)c(-c2c(-n3c4ccccc4c4cc(F)ccc43)c(-n3c4ccccc4c4ccccc43)c(C#N)c(-n3c4ccccc4c4ccccc43)c2-n2c3ccccc3c3cc(F)ccc32)c1. The van der Waals surface area contributed by atoms with E-state index in [0.29, 0.717) is 16.9 Å². The van der Waals surface area contributed by atoms with Crippen LogP contribution >= 0.6 is 0 Å². The van der Waals surface area contributed by atoms with Crippen LogP contribution in [0, 0.1) is 43.7 Å². The van der Waals surface area contributed by atoms with Gasteiger partial charge in [0.1, 0.15) is 23.3 Å². The molecule has 0 radical (unpaired) electrons. The van der Waals surface area contributed by atoms with Gasteiger partial charge in [-0.2, -0.15) is 5.26 Å². The van der Waals surface area contributed by atoms with Gasteiger partial charge in [-0.3, -0.25) is 0 Å². The molecule has 0 aliphatic rings. The fraction of sp³-hybridized carbons (Fsp3) is 0.0469. The first kappa shape index (κ1) is 40.8. The highest BCUT2D eigenvalue weighted by Gasteiger charge is 2.35. The van der Waals surface area contributed by atoms with E-state index < -0.39 is 0 Å². The first-order valence-corrected chi connectivity index (χ1v) is 23.9. The van der Waals surface area contributed by atoms with Gasteiger partial charge in [-0.25, -0.2) is 8.78 Å². The largest absolute Gasteiger partial charge is 0.306 e. The molecule has 14 aromatic rings. The molecule has 0 aliphatic heterocycles. The highest BCUT2D eigenvalue weighted by Crippen LogP contribution is 2.52. The summed E-state index contributed by atoms with van der Waals surface area (Å²) in [4.78, 5) is 0. The summed E-state index contributed by atoms with van der Waals surface area (Å²) in [5.74, 6) is -0.683. The number of nitrogens with zero attached hydrogens (tertiary/aromatic N) is 5. The van der Waals surface area contributed by atoms with Crippen LogP contribution in [0.1, 0.15) is 22.3 Å². The minimum Gasteiger partial charge on any atom is -0.306 e. The van der Waals surface area contributed by atoms with E-state index in [1.807, 2.05) is 36.4 Å². The molecule has 0 amide bonds. The number of para-hydroxylation sites is 6. The number of hydrogen-bond donors (Lipinski definition) is 0. The zero-order valence-corrected chi connectivity index (χ0v) is 39.0. The average molecular weight is 918 g/mol. The van der Waals surface area contributed by atoms with Gasteiger partial charge in [-0.05, 0) is 110 Å². The maximum absolute atomic E-state index is 15.8. The summed E-state index contributed by atoms with van der Waals surface area (Å²) in [6.07, 6.45) is 0. The molecule has 0 aliphatic carbocycles. The Morgan fingerprint density at radius 1 is 0.352 bits per heavy atom. The zero-order valence-electron chi connectivity index (χ0n) is 39.0. The van der Waals surface area contributed by atoms with Crippen LogP contribution in [0.4, 0.5) is 8.78 Å². The molecule has 7 heteroatoms. The molecular weight excluding hydrogens is 877 g/mol. The van der Waals surface area contributed by atoms with Gasteiger partial charge in [0.15, 0.2) is 0 Å². The van der Waals surface area contributed by atoms with Crippen molar-refractivity contribution in [1.29, 1.82) is 5.26 Å². The number of hydrogen-bond acceptors (Lipinski definition) is 1. The van der Waals surface area contributed by atoms with E-state index in [-0.39, 0.29) is 11.6 Å². The second kappa shape index (κ2) is 15.1. The minimum atomic E-state index is -0.342. The van der Waals surface area contributed by atoms with Crippen molar-refractivity contribution in [3.63, 3.8) is 0 Å². The minimum absolute atomic E-state index is 0.342. The second-order valence-corrected chi connectivity index (χ2v) is 18.8. The molecule has 0 saturated carbocycles. The summed E-state index contributed by atoms with van der Waals surface area (Å²) in [5.41, 5.74) is 15.2. The third kappa shape index (κ3) is 5.64. The van der Waals surface area contributed by atoms with Gasteiger partial charge in [-0.1, -0.05) is 127 Å². The summed E-state index contributed by atoms with van der Waals surface area (Å²) in [6, 6.07) is 67.4. The fourth-order valence-corrected chi connectivity index (χ4v) is 11.9. The molecule has 336 valence electrons. The standard InChI is InChI=1S/C64H41F2N5/c1-37-32-38(2)39(3)48(33-37)60-63(70-56-26-14-8-20-46(56)49-34-40(65)28-30-58(49)70)61(68-52-22-10-4-16-42(52)43-17-5-11-23-53(43)68)51(36-67)62(69-54-24-12-6-18-44(54)45-19-7-13-25-55(45)69)64(60)71-57-27-15-9-21-47(57)50-35-41(66)29-31-59(50)71/h4-35H,1-3H3. The topological polar surface area (TPSA) is 43.5 Å². The first-order chi connectivity index (χ1) is 34.8. The lowest BCUT2D eigenvalue weighted by molar-refractivity contribution is 0.629. The second-order valence-electron chi connectivity index (χ2n) is 18.8. The Morgan fingerprint density at radius 3 is 1.01 bits per heavy atom. The van der Waals surface area contributed by atoms with Crippen molar-refractivity contribution in [2.45, 2.75) is 20.8 Å². The van der Waals surface area contributed by atoms with Crippen LogP contribution < -0.4 is 0 Å². The Hall–Kier alpha value is -9.25. The van der Waals surface area contributed by atoms with Crippen LogP contribution in [0.3, 0.4) is 0 Å². The van der Waals surface area contributed by atoms with E-state index in [0.717, 1.165) is 126 Å². The maximum atomic E-state index is 15.8. The maximum Gasteiger partial charge on any atom is 0.123 e. The molecular formula is C64H41F2N5. The molecule has 0 atom stereocenters. The molecule has 14 rings (SSSR count). The average Bonchev–Trinajstić information content (AvgIpc) is 4.12. The summed E-state index contributed by atoms with van der Waals surface area (Å²) in [6.45, 7) is 6.47. The van der Waals surface area contributed by atoms with Gasteiger partial charge in [0, 0.05) is 48.7 Å². The van der Waals surface area contributed by atoms with E-state index in [1.54, 1.807) is 12.1 Å². The predicted octanol–water partition coefficient (Wildman–Crippen LogP) is 16.8. The van der Waals surface area contributed by atoms with E-state index in [9.17, 15) is 5.26 Å². The van der Waals surface area contributed by atoms with Crippen molar-refractivity contribution in [1.82, 2.24) is 18.3 Å². The van der Waals surface area contributed by atoms with E-state index in [4.69, 9.17) is 0 Å². The van der Waals surface area contributed by atoms with Gasteiger partial charge in [0.25, 0.3) is 0 Å². The molecule has 4 heterocycles. The van der Waals surface area contributed by atoms with Crippen LogP contribution in [0.25, 0.3) is 121 Å². The van der Waals surface area contributed by atoms with Crippen molar-refractivity contribution >= 4 is 87.2 Å². The molecule has 0 unspecified atom stereocenters. The Bertz CT molecular complexity index is 4300. The van der Waals surface area contributed by atoms with Gasteiger partial charge >= 0.3 is 0 Å². The quantitative estimate of drug-likeness (QED) is 0.170. The number of rotatable bonds is 5. The highest BCUT2D eigenvalue weighted by molar-refractivity contribution is 6.17. The van der Waals surface area contributed by atoms with E-state index >= 15 is 8.78 Å². The third-order valence-electron chi connectivity index (χ3n) is 14.9.